The summed E-state index contributed by atoms with van der Waals surface area (Å²) in [5.41, 5.74) is 3.24. The minimum absolute atomic E-state index is 0.163. The van der Waals surface area contributed by atoms with Crippen molar-refractivity contribution in [2.45, 2.75) is 13.8 Å². The van der Waals surface area contributed by atoms with Crippen LogP contribution in [0.3, 0.4) is 0 Å². The van der Waals surface area contributed by atoms with E-state index in [-0.39, 0.29) is 11.3 Å². The van der Waals surface area contributed by atoms with Crippen molar-refractivity contribution in [2.24, 2.45) is 0 Å². The number of rotatable bonds is 5. The van der Waals surface area contributed by atoms with Crippen LogP contribution >= 0.6 is 0 Å². The highest BCUT2D eigenvalue weighted by Gasteiger charge is 2.15. The van der Waals surface area contributed by atoms with Gasteiger partial charge < -0.3 is 15.0 Å². The Balaban J connectivity index is 1.35. The molecule has 9 nitrogen and oxygen atoms in total. The number of fused-ring (bicyclic) bond motifs is 1. The summed E-state index contributed by atoms with van der Waals surface area (Å²) in [5.74, 6) is 0.569. The Morgan fingerprint density at radius 2 is 1.76 bits per heavy atom. The number of nitrogens with one attached hydrogen (secondary N) is 2. The Kier molecular flexibility index (Phi) is 5.35. The molecule has 3 heterocycles. The molecule has 0 aliphatic carbocycles. The molecule has 0 bridgehead atoms. The van der Waals surface area contributed by atoms with Crippen LogP contribution in [0.2, 0.25) is 0 Å². The maximum atomic E-state index is 12.9. The van der Waals surface area contributed by atoms with Crippen LogP contribution in [0.25, 0.3) is 16.7 Å². The fraction of sp³-hybridized carbons (Fsp3) is 0.0800. The molecule has 168 valence electrons. The van der Waals surface area contributed by atoms with Gasteiger partial charge in [-0.25, -0.2) is 9.97 Å². The van der Waals surface area contributed by atoms with Crippen molar-refractivity contribution in [3.8, 4) is 17.3 Å². The fourth-order valence-corrected chi connectivity index (χ4v) is 3.48. The second kappa shape index (κ2) is 8.62. The lowest BCUT2D eigenvalue weighted by Gasteiger charge is -2.11. The van der Waals surface area contributed by atoms with Crippen LogP contribution in [0.4, 0.5) is 5.69 Å². The Morgan fingerprint density at radius 1 is 1.00 bits per heavy atom. The zero-order chi connectivity index (χ0) is 23.7. The number of hydrogen-bond donors (Lipinski definition) is 2. The van der Waals surface area contributed by atoms with Gasteiger partial charge in [0, 0.05) is 18.0 Å². The van der Waals surface area contributed by atoms with Gasteiger partial charge in [0.15, 0.2) is 5.69 Å². The molecule has 2 N–H and O–H groups in total. The van der Waals surface area contributed by atoms with E-state index in [1.807, 2.05) is 25.1 Å². The number of carbonyl (C=O) groups is 1. The summed E-state index contributed by atoms with van der Waals surface area (Å²) in [7, 11) is 0. The van der Waals surface area contributed by atoms with E-state index in [1.165, 1.54) is 17.1 Å². The first kappa shape index (κ1) is 21.1. The zero-order valence-electron chi connectivity index (χ0n) is 18.4. The van der Waals surface area contributed by atoms with Gasteiger partial charge in [0.2, 0.25) is 5.88 Å². The Morgan fingerprint density at radius 3 is 2.53 bits per heavy atom. The number of hydrogen-bond acceptors (Lipinski definition) is 6. The number of H-pyrrole nitrogens is 1. The quantitative estimate of drug-likeness (QED) is 0.414. The molecule has 0 saturated heterocycles. The van der Waals surface area contributed by atoms with Crippen LogP contribution in [0.1, 0.15) is 21.6 Å². The predicted molar refractivity (Wildman–Crippen MR) is 128 cm³/mol. The molecule has 3 aromatic heterocycles. The molecule has 0 spiro atoms. The predicted octanol–water partition coefficient (Wildman–Crippen LogP) is 4.17. The molecule has 0 saturated carbocycles. The van der Waals surface area contributed by atoms with Crippen LogP contribution in [0.5, 0.6) is 11.6 Å². The second-order valence-electron chi connectivity index (χ2n) is 7.76. The Bertz CT molecular complexity index is 1550. The standard InChI is InChI=1S/C25H20N6O3/c1-15-3-7-18(8-4-15)31-21(32)13-16(2)22(30-31)24(33)29-17-5-9-19(10-6-17)34-25-20-11-12-26-23(20)27-14-28-25/h3-14H,1-2H3,(H,29,33)(H,26,27,28). The summed E-state index contributed by atoms with van der Waals surface area (Å²) in [6.45, 7) is 3.64. The van der Waals surface area contributed by atoms with Gasteiger partial charge in [-0.2, -0.15) is 9.78 Å². The van der Waals surface area contributed by atoms with Crippen LogP contribution in [-0.2, 0) is 0 Å². The summed E-state index contributed by atoms with van der Waals surface area (Å²) >= 11 is 0. The number of ether oxygens (including phenoxy) is 1. The highest BCUT2D eigenvalue weighted by atomic mass is 16.5. The number of amides is 1. The van der Waals surface area contributed by atoms with E-state index in [1.54, 1.807) is 49.5 Å². The average Bonchev–Trinajstić information content (AvgIpc) is 3.31. The average molecular weight is 452 g/mol. The van der Waals surface area contributed by atoms with Crippen molar-refractivity contribution < 1.29 is 9.53 Å². The largest absolute Gasteiger partial charge is 0.438 e. The van der Waals surface area contributed by atoms with E-state index in [9.17, 15) is 9.59 Å². The number of carbonyl (C=O) groups excluding carboxylic acids is 1. The van der Waals surface area contributed by atoms with Crippen LogP contribution in [-0.4, -0.2) is 30.6 Å². The number of nitrogens with zero attached hydrogens (tertiary/aromatic N) is 4. The SMILES string of the molecule is Cc1ccc(-n2nc(C(=O)Nc3ccc(Oc4ncnc5[nH]ccc45)cc3)c(C)cc2=O)cc1. The van der Waals surface area contributed by atoms with Gasteiger partial charge in [-0.3, -0.25) is 9.59 Å². The minimum Gasteiger partial charge on any atom is -0.438 e. The summed E-state index contributed by atoms with van der Waals surface area (Å²) in [6, 6.07) is 17.5. The van der Waals surface area contributed by atoms with E-state index < -0.39 is 5.91 Å². The summed E-state index contributed by atoms with van der Waals surface area (Å²) in [4.78, 5) is 36.7. The molecule has 0 unspecified atom stereocenters. The normalized spacial score (nSPS) is 10.9. The molecule has 0 atom stereocenters. The highest BCUT2D eigenvalue weighted by Crippen LogP contribution is 2.27. The van der Waals surface area contributed by atoms with Crippen LogP contribution in [0.15, 0.2) is 78.0 Å². The Hall–Kier alpha value is -4.79. The molecule has 0 aliphatic heterocycles. The first-order chi connectivity index (χ1) is 16.5. The molecule has 9 heteroatoms. The van der Waals surface area contributed by atoms with Gasteiger partial charge in [0.25, 0.3) is 11.5 Å². The van der Waals surface area contributed by atoms with E-state index in [0.29, 0.717) is 34.2 Å². The van der Waals surface area contributed by atoms with Gasteiger partial charge in [-0.05, 0) is 61.9 Å². The van der Waals surface area contributed by atoms with E-state index >= 15 is 0 Å². The van der Waals surface area contributed by atoms with Crippen molar-refractivity contribution in [1.29, 1.82) is 0 Å². The number of aromatic nitrogens is 5. The molecular formula is C25H20N6O3. The van der Waals surface area contributed by atoms with Gasteiger partial charge in [0.1, 0.15) is 17.7 Å². The van der Waals surface area contributed by atoms with Crippen molar-refractivity contribution in [3.63, 3.8) is 0 Å². The third-order valence-electron chi connectivity index (χ3n) is 5.26. The van der Waals surface area contributed by atoms with Gasteiger partial charge in [-0.1, -0.05) is 17.7 Å². The van der Waals surface area contributed by atoms with Crippen molar-refractivity contribution >= 4 is 22.6 Å². The number of anilines is 1. The van der Waals surface area contributed by atoms with Crippen LogP contribution < -0.4 is 15.6 Å². The lowest BCUT2D eigenvalue weighted by molar-refractivity contribution is 0.102. The van der Waals surface area contributed by atoms with Crippen molar-refractivity contribution in [1.82, 2.24) is 24.7 Å². The molecule has 1 amide bonds. The molecule has 0 aliphatic rings. The third kappa shape index (κ3) is 4.14. The summed E-state index contributed by atoms with van der Waals surface area (Å²) in [5, 5.41) is 7.90. The molecule has 2 aromatic carbocycles. The Labute approximate surface area is 194 Å². The van der Waals surface area contributed by atoms with Gasteiger partial charge in [0.05, 0.1) is 11.1 Å². The smallest absolute Gasteiger partial charge is 0.276 e. The molecule has 0 radical (unpaired) electrons. The van der Waals surface area contributed by atoms with Crippen molar-refractivity contribution in [3.05, 3.63) is 100 Å². The number of aromatic amines is 1. The lowest BCUT2D eigenvalue weighted by Crippen LogP contribution is -2.26. The monoisotopic (exact) mass is 452 g/mol. The summed E-state index contributed by atoms with van der Waals surface area (Å²) < 4.78 is 7.09. The highest BCUT2D eigenvalue weighted by molar-refractivity contribution is 6.03. The summed E-state index contributed by atoms with van der Waals surface area (Å²) in [6.07, 6.45) is 3.19. The zero-order valence-corrected chi connectivity index (χ0v) is 18.4. The van der Waals surface area contributed by atoms with Crippen molar-refractivity contribution in [2.75, 3.05) is 5.32 Å². The fourth-order valence-electron chi connectivity index (χ4n) is 3.48. The third-order valence-corrected chi connectivity index (χ3v) is 5.26. The van der Waals surface area contributed by atoms with Crippen LogP contribution in [0, 0.1) is 13.8 Å². The van der Waals surface area contributed by atoms with E-state index in [4.69, 9.17) is 4.74 Å². The van der Waals surface area contributed by atoms with E-state index in [2.05, 4.69) is 25.4 Å². The van der Waals surface area contributed by atoms with E-state index in [0.717, 1.165) is 10.9 Å². The second-order valence-corrected chi connectivity index (χ2v) is 7.76. The molecule has 5 aromatic rings. The van der Waals surface area contributed by atoms with Gasteiger partial charge >= 0.3 is 0 Å². The van der Waals surface area contributed by atoms with Gasteiger partial charge in [-0.15, -0.1) is 0 Å². The first-order valence-corrected chi connectivity index (χ1v) is 10.5. The lowest BCUT2D eigenvalue weighted by atomic mass is 10.2. The molecular weight excluding hydrogens is 432 g/mol. The number of benzene rings is 2. The number of aryl methyl sites for hydroxylation is 2. The topological polar surface area (TPSA) is 115 Å². The maximum absolute atomic E-state index is 12.9. The molecule has 0 fully saturated rings. The maximum Gasteiger partial charge on any atom is 0.276 e. The minimum atomic E-state index is -0.420. The molecule has 34 heavy (non-hydrogen) atoms. The molecule has 5 rings (SSSR count). The first-order valence-electron chi connectivity index (χ1n) is 10.5.